The van der Waals surface area contributed by atoms with Gasteiger partial charge >= 0.3 is 0 Å². The van der Waals surface area contributed by atoms with Crippen molar-refractivity contribution < 1.29 is 27.5 Å². The average Bonchev–Trinajstić information content (AvgIpc) is 3.23. The van der Waals surface area contributed by atoms with E-state index < -0.39 is 21.5 Å². The molecule has 3 aromatic rings. The van der Waals surface area contributed by atoms with E-state index >= 15 is 0 Å². The van der Waals surface area contributed by atoms with Gasteiger partial charge in [-0.3, -0.25) is 9.59 Å². The van der Waals surface area contributed by atoms with Crippen LogP contribution >= 0.6 is 0 Å². The minimum absolute atomic E-state index is 0.0206. The van der Waals surface area contributed by atoms with Crippen LogP contribution in [0.1, 0.15) is 19.3 Å². The van der Waals surface area contributed by atoms with Crippen LogP contribution in [0.2, 0.25) is 0 Å². The zero-order chi connectivity index (χ0) is 25.0. The summed E-state index contributed by atoms with van der Waals surface area (Å²) in [6.45, 7) is 1.48. The molecule has 1 fully saturated rings. The van der Waals surface area contributed by atoms with Gasteiger partial charge in [-0.15, -0.1) is 0 Å². The first-order valence-electron chi connectivity index (χ1n) is 11.4. The van der Waals surface area contributed by atoms with Gasteiger partial charge in [0.2, 0.25) is 11.8 Å². The molecule has 9 nitrogen and oxygen atoms in total. The van der Waals surface area contributed by atoms with Gasteiger partial charge in [-0.05, 0) is 37.5 Å². The molecule has 0 unspecified atom stereocenters. The summed E-state index contributed by atoms with van der Waals surface area (Å²) in [6.07, 6.45) is 4.53. The van der Waals surface area contributed by atoms with Crippen LogP contribution in [0.15, 0.2) is 53.6 Å². The van der Waals surface area contributed by atoms with Crippen molar-refractivity contribution in [3.63, 3.8) is 0 Å². The van der Waals surface area contributed by atoms with Crippen molar-refractivity contribution in [3.05, 3.63) is 48.7 Å². The number of aromatic nitrogens is 1. The van der Waals surface area contributed by atoms with E-state index in [1.807, 2.05) is 4.90 Å². The smallest absolute Gasteiger partial charge is 0.242 e. The first kappa shape index (κ1) is 24.6. The highest BCUT2D eigenvalue weighted by Gasteiger charge is 2.26. The molecule has 1 saturated heterocycles. The van der Waals surface area contributed by atoms with Crippen LogP contribution in [0.5, 0.6) is 11.5 Å². The summed E-state index contributed by atoms with van der Waals surface area (Å²) in [7, 11) is -1.07. The number of carbonyl (C=O) groups is 2. The summed E-state index contributed by atoms with van der Waals surface area (Å²) in [5.74, 6) is -0.647. The molecule has 10 heteroatoms. The van der Waals surface area contributed by atoms with E-state index in [4.69, 9.17) is 9.47 Å². The van der Waals surface area contributed by atoms with Gasteiger partial charge in [0, 0.05) is 36.3 Å². The molecule has 0 saturated carbocycles. The quantitative estimate of drug-likeness (QED) is 0.511. The normalized spacial score (nSPS) is 14.1. The van der Waals surface area contributed by atoms with E-state index in [1.54, 1.807) is 47.0 Å². The number of nitrogens with zero attached hydrogens (tertiary/aromatic N) is 2. The van der Waals surface area contributed by atoms with Crippen LogP contribution in [0.3, 0.4) is 0 Å². The van der Waals surface area contributed by atoms with Crippen LogP contribution in [0.4, 0.5) is 5.69 Å². The van der Waals surface area contributed by atoms with Crippen molar-refractivity contribution in [3.8, 4) is 11.5 Å². The second kappa shape index (κ2) is 10.4. The number of methoxy groups -OCH3 is 2. The summed E-state index contributed by atoms with van der Waals surface area (Å²) in [5, 5.41) is 3.08. The van der Waals surface area contributed by atoms with Crippen molar-refractivity contribution in [1.29, 1.82) is 0 Å². The lowest BCUT2D eigenvalue weighted by Crippen LogP contribution is -2.37. The zero-order valence-corrected chi connectivity index (χ0v) is 20.6. The molecule has 0 radical (unpaired) electrons. The van der Waals surface area contributed by atoms with E-state index in [0.717, 1.165) is 32.4 Å². The maximum atomic E-state index is 13.3. The molecule has 1 aliphatic rings. The predicted molar refractivity (Wildman–Crippen MR) is 133 cm³/mol. The van der Waals surface area contributed by atoms with Gasteiger partial charge in [0.15, 0.2) is 9.84 Å². The molecule has 4 rings (SSSR count). The average molecular weight is 500 g/mol. The molecule has 2 amide bonds. The van der Waals surface area contributed by atoms with Crippen molar-refractivity contribution in [2.75, 3.05) is 38.4 Å². The molecule has 1 N–H and O–H groups in total. The number of anilines is 1. The highest BCUT2D eigenvalue weighted by molar-refractivity contribution is 7.92. The van der Waals surface area contributed by atoms with Gasteiger partial charge in [-0.1, -0.05) is 18.2 Å². The molecule has 0 bridgehead atoms. The Morgan fingerprint density at radius 2 is 1.74 bits per heavy atom. The summed E-state index contributed by atoms with van der Waals surface area (Å²) in [5.41, 5.74) is 0.938. The van der Waals surface area contributed by atoms with E-state index in [9.17, 15) is 18.0 Å². The second-order valence-electron chi connectivity index (χ2n) is 8.45. The number of likely N-dealkylation sites (tertiary alicyclic amines) is 1. The molecule has 0 aliphatic carbocycles. The van der Waals surface area contributed by atoms with E-state index in [0.29, 0.717) is 28.1 Å². The van der Waals surface area contributed by atoms with Gasteiger partial charge in [0.1, 0.15) is 23.8 Å². The van der Waals surface area contributed by atoms with Crippen molar-refractivity contribution in [2.24, 2.45) is 0 Å². The molecule has 2 heterocycles. The van der Waals surface area contributed by atoms with Crippen LogP contribution in [0, 0.1) is 0 Å². The van der Waals surface area contributed by atoms with Gasteiger partial charge in [0.25, 0.3) is 0 Å². The fourth-order valence-corrected chi connectivity index (χ4v) is 5.70. The standard InChI is InChI=1S/C25H29N3O6S/c1-33-18-10-11-22(34-2)20(14-18)26-24(29)17-35(31,32)23-15-28(21-9-5-4-8-19(21)23)16-25(30)27-12-6-3-7-13-27/h4-5,8-11,14-15H,3,6-7,12-13,16-17H2,1-2H3,(H,26,29). The topological polar surface area (TPSA) is 107 Å². The minimum Gasteiger partial charge on any atom is -0.497 e. The number of carbonyl (C=O) groups excluding carboxylic acids is 2. The first-order valence-corrected chi connectivity index (χ1v) is 13.1. The number of nitrogens with one attached hydrogen (secondary N) is 1. The molecule has 186 valence electrons. The number of rotatable bonds is 8. The number of amides is 2. The molecule has 1 aliphatic heterocycles. The summed E-state index contributed by atoms with van der Waals surface area (Å²) < 4.78 is 38.7. The maximum absolute atomic E-state index is 13.3. The SMILES string of the molecule is COc1ccc(OC)c(NC(=O)CS(=O)(=O)c2cn(CC(=O)N3CCCCC3)c3ccccc23)c1. The third kappa shape index (κ3) is 5.43. The number of sulfone groups is 1. The Balaban J connectivity index is 1.57. The molecule has 0 spiro atoms. The van der Waals surface area contributed by atoms with E-state index in [-0.39, 0.29) is 17.3 Å². The van der Waals surface area contributed by atoms with Crippen molar-refractivity contribution in [1.82, 2.24) is 9.47 Å². The second-order valence-corrected chi connectivity index (χ2v) is 10.4. The number of piperidine rings is 1. The lowest BCUT2D eigenvalue weighted by Gasteiger charge is -2.27. The third-order valence-corrected chi connectivity index (χ3v) is 7.74. The Kier molecular flexibility index (Phi) is 7.30. The fourth-order valence-electron chi connectivity index (χ4n) is 4.33. The third-order valence-electron chi connectivity index (χ3n) is 6.10. The highest BCUT2D eigenvalue weighted by atomic mass is 32.2. The Hall–Kier alpha value is -3.53. The van der Waals surface area contributed by atoms with Gasteiger partial charge in [0.05, 0.1) is 24.8 Å². The van der Waals surface area contributed by atoms with Crippen molar-refractivity contribution in [2.45, 2.75) is 30.7 Å². The number of benzene rings is 2. The van der Waals surface area contributed by atoms with Gasteiger partial charge in [-0.2, -0.15) is 0 Å². The van der Waals surface area contributed by atoms with Gasteiger partial charge in [-0.25, -0.2) is 8.42 Å². The lowest BCUT2D eigenvalue weighted by atomic mass is 10.1. The maximum Gasteiger partial charge on any atom is 0.242 e. The highest BCUT2D eigenvalue weighted by Crippen LogP contribution is 2.30. The Morgan fingerprint density at radius 3 is 2.46 bits per heavy atom. The number of ether oxygens (including phenoxy) is 2. The van der Waals surface area contributed by atoms with Crippen LogP contribution in [-0.4, -0.2) is 62.8 Å². The number of hydrogen-bond donors (Lipinski definition) is 1. The Labute approximate surface area is 204 Å². The first-order chi connectivity index (χ1) is 16.8. The molecule has 35 heavy (non-hydrogen) atoms. The number of hydrogen-bond acceptors (Lipinski definition) is 6. The lowest BCUT2D eigenvalue weighted by molar-refractivity contribution is -0.132. The summed E-state index contributed by atoms with van der Waals surface area (Å²) in [4.78, 5) is 27.4. The minimum atomic E-state index is -4.01. The Bertz CT molecular complexity index is 1340. The van der Waals surface area contributed by atoms with E-state index in [1.165, 1.54) is 20.4 Å². The molecular formula is C25H29N3O6S. The van der Waals surface area contributed by atoms with Crippen LogP contribution in [-0.2, 0) is 26.0 Å². The van der Waals surface area contributed by atoms with Crippen molar-refractivity contribution >= 4 is 38.2 Å². The van der Waals surface area contributed by atoms with Crippen LogP contribution in [0.25, 0.3) is 10.9 Å². The fraction of sp³-hybridized carbons (Fsp3) is 0.360. The zero-order valence-electron chi connectivity index (χ0n) is 19.8. The van der Waals surface area contributed by atoms with Crippen LogP contribution < -0.4 is 14.8 Å². The Morgan fingerprint density at radius 1 is 1.00 bits per heavy atom. The molecule has 1 aromatic heterocycles. The molecule has 2 aromatic carbocycles. The molecule has 0 atom stereocenters. The van der Waals surface area contributed by atoms with E-state index in [2.05, 4.69) is 5.32 Å². The summed E-state index contributed by atoms with van der Waals surface area (Å²) in [6, 6.07) is 11.8. The number of para-hydroxylation sites is 1. The largest absolute Gasteiger partial charge is 0.497 e. The molecular weight excluding hydrogens is 470 g/mol. The predicted octanol–water partition coefficient (Wildman–Crippen LogP) is 3.08. The number of fused-ring (bicyclic) bond motifs is 1. The van der Waals surface area contributed by atoms with Gasteiger partial charge < -0.3 is 24.3 Å². The summed E-state index contributed by atoms with van der Waals surface area (Å²) >= 11 is 0. The monoisotopic (exact) mass is 499 g/mol.